The van der Waals surface area contributed by atoms with Gasteiger partial charge in [0.1, 0.15) is 6.29 Å². The van der Waals surface area contributed by atoms with Gasteiger partial charge in [-0.3, -0.25) is 0 Å². The third-order valence-electron chi connectivity index (χ3n) is 2.03. The first-order chi connectivity index (χ1) is 6.63. The minimum Gasteiger partial charge on any atom is -0.321 e. The second kappa shape index (κ2) is 4.67. The van der Waals surface area contributed by atoms with Gasteiger partial charge in [-0.25, -0.2) is 0 Å². The molecule has 0 bridgehead atoms. The van der Waals surface area contributed by atoms with Crippen LogP contribution in [0, 0.1) is 5.41 Å². The first-order valence-electron chi connectivity index (χ1n) is 4.49. The molecule has 0 aliphatic carbocycles. The van der Waals surface area contributed by atoms with Gasteiger partial charge >= 0.3 is 0 Å². The Morgan fingerprint density at radius 1 is 1.50 bits per heavy atom. The maximum absolute atomic E-state index is 10.3. The molecule has 0 aliphatic rings. The van der Waals surface area contributed by atoms with Crippen molar-refractivity contribution in [2.45, 2.75) is 19.4 Å². The van der Waals surface area contributed by atoms with Crippen molar-refractivity contribution >= 4 is 12.0 Å². The van der Waals surface area contributed by atoms with Crippen LogP contribution in [0.4, 0.5) is 0 Å². The Morgan fingerprint density at radius 3 is 2.50 bits per heavy atom. The minimum absolute atomic E-state index is 0.429. The van der Waals surface area contributed by atoms with Crippen LogP contribution >= 0.6 is 0 Å². The molecule has 0 aliphatic heterocycles. The molecule has 1 atom stereocenters. The lowest BCUT2D eigenvalue weighted by Crippen LogP contribution is -2.23. The van der Waals surface area contributed by atoms with Crippen molar-refractivity contribution in [3.05, 3.63) is 35.4 Å². The average Bonchev–Trinajstić information content (AvgIpc) is 2.18. The van der Waals surface area contributed by atoms with Gasteiger partial charge in [0.15, 0.2) is 0 Å². The number of benzene rings is 1. The average molecular weight is 190 g/mol. The Morgan fingerprint density at radius 2 is 2.07 bits per heavy atom. The van der Waals surface area contributed by atoms with Crippen LogP contribution in [-0.2, 0) is 11.2 Å². The second-order valence-corrected chi connectivity index (χ2v) is 3.33. The Hall–Kier alpha value is -1.48. The fraction of sp³-hybridized carbons (Fsp3) is 0.273. The molecule has 3 heteroatoms. The van der Waals surface area contributed by atoms with Crippen molar-refractivity contribution in [2.24, 2.45) is 5.73 Å². The lowest BCUT2D eigenvalue weighted by molar-refractivity contribution is -0.108. The summed E-state index contributed by atoms with van der Waals surface area (Å²) in [6.45, 7) is 1.74. The van der Waals surface area contributed by atoms with Crippen LogP contribution in [0.2, 0.25) is 0 Å². The number of aldehydes is 1. The van der Waals surface area contributed by atoms with Gasteiger partial charge < -0.3 is 15.9 Å². The van der Waals surface area contributed by atoms with Gasteiger partial charge in [0.05, 0.1) is 6.04 Å². The molecule has 0 fully saturated rings. The molecule has 1 rings (SSSR count). The Bertz CT molecular complexity index is 330. The van der Waals surface area contributed by atoms with Crippen molar-refractivity contribution in [2.75, 3.05) is 0 Å². The molecule has 1 aromatic carbocycles. The fourth-order valence-electron chi connectivity index (χ4n) is 1.21. The van der Waals surface area contributed by atoms with E-state index in [1.807, 2.05) is 24.3 Å². The monoisotopic (exact) mass is 190 g/mol. The molecule has 0 spiro atoms. The number of nitrogens with two attached hydrogens (primary N) is 1. The lowest BCUT2D eigenvalue weighted by Gasteiger charge is -2.04. The van der Waals surface area contributed by atoms with Crippen LogP contribution in [-0.4, -0.2) is 18.0 Å². The summed E-state index contributed by atoms with van der Waals surface area (Å²) in [6, 6.07) is 7.11. The van der Waals surface area contributed by atoms with E-state index in [1.54, 1.807) is 6.92 Å². The number of nitrogens with one attached hydrogen (secondary N) is 1. The van der Waals surface area contributed by atoms with E-state index >= 15 is 0 Å². The van der Waals surface area contributed by atoms with Gasteiger partial charge in [0.2, 0.25) is 0 Å². The van der Waals surface area contributed by atoms with E-state index in [9.17, 15) is 4.79 Å². The molecule has 3 N–H and O–H groups in total. The standard InChI is InChI=1S/C11H14N2O/c1-8(12)10-4-2-9(3-5-10)6-11(13)7-14/h2-5,7,11-12H,6,13H2,1H3/t11-/m0/s1. The normalized spacial score (nSPS) is 12.1. The molecule has 0 unspecified atom stereocenters. The SMILES string of the molecule is CC(=N)c1ccc(C[C@H](N)C=O)cc1. The summed E-state index contributed by atoms with van der Waals surface area (Å²) >= 11 is 0. The highest BCUT2D eigenvalue weighted by molar-refractivity contribution is 5.96. The Kier molecular flexibility index (Phi) is 3.54. The summed E-state index contributed by atoms with van der Waals surface area (Å²) in [5, 5.41) is 7.40. The van der Waals surface area contributed by atoms with Crippen LogP contribution < -0.4 is 5.73 Å². The van der Waals surface area contributed by atoms with E-state index in [2.05, 4.69) is 0 Å². The van der Waals surface area contributed by atoms with Crippen molar-refractivity contribution in [3.8, 4) is 0 Å². The summed E-state index contributed by atoms with van der Waals surface area (Å²) in [7, 11) is 0. The fourth-order valence-corrected chi connectivity index (χ4v) is 1.21. The van der Waals surface area contributed by atoms with Gasteiger partial charge in [-0.05, 0) is 24.5 Å². The van der Waals surface area contributed by atoms with Crippen molar-refractivity contribution in [1.29, 1.82) is 5.41 Å². The number of carbonyl (C=O) groups is 1. The second-order valence-electron chi connectivity index (χ2n) is 3.33. The van der Waals surface area contributed by atoms with E-state index in [0.29, 0.717) is 12.1 Å². The maximum atomic E-state index is 10.3. The van der Waals surface area contributed by atoms with Crippen LogP contribution in [0.25, 0.3) is 0 Å². The number of hydrogen-bond acceptors (Lipinski definition) is 3. The van der Waals surface area contributed by atoms with Gasteiger partial charge in [0.25, 0.3) is 0 Å². The molecule has 0 amide bonds. The zero-order valence-corrected chi connectivity index (χ0v) is 8.16. The van der Waals surface area contributed by atoms with Crippen molar-refractivity contribution in [1.82, 2.24) is 0 Å². The topological polar surface area (TPSA) is 66.9 Å². The van der Waals surface area contributed by atoms with Crippen LogP contribution in [0.3, 0.4) is 0 Å². The highest BCUT2D eigenvalue weighted by Gasteiger charge is 2.02. The van der Waals surface area contributed by atoms with E-state index in [0.717, 1.165) is 17.4 Å². The van der Waals surface area contributed by atoms with Gasteiger partial charge in [-0.15, -0.1) is 0 Å². The summed E-state index contributed by atoms with van der Waals surface area (Å²) in [4.78, 5) is 10.3. The van der Waals surface area contributed by atoms with Crippen LogP contribution in [0.5, 0.6) is 0 Å². The summed E-state index contributed by atoms with van der Waals surface area (Å²) < 4.78 is 0. The molecule has 3 nitrogen and oxygen atoms in total. The molecule has 74 valence electrons. The predicted molar refractivity (Wildman–Crippen MR) is 56.7 cm³/mol. The highest BCUT2D eigenvalue weighted by Crippen LogP contribution is 2.06. The van der Waals surface area contributed by atoms with Crippen molar-refractivity contribution in [3.63, 3.8) is 0 Å². The summed E-state index contributed by atoms with van der Waals surface area (Å²) in [5.41, 5.74) is 7.95. The number of rotatable bonds is 4. The lowest BCUT2D eigenvalue weighted by atomic mass is 10.0. The largest absolute Gasteiger partial charge is 0.321 e. The van der Waals surface area contributed by atoms with E-state index < -0.39 is 6.04 Å². The first-order valence-corrected chi connectivity index (χ1v) is 4.49. The molecular weight excluding hydrogens is 176 g/mol. The zero-order valence-electron chi connectivity index (χ0n) is 8.16. The van der Waals surface area contributed by atoms with Crippen LogP contribution in [0.1, 0.15) is 18.1 Å². The zero-order chi connectivity index (χ0) is 10.6. The number of carbonyl (C=O) groups excluding carboxylic acids is 1. The van der Waals surface area contributed by atoms with Gasteiger partial charge in [-0.1, -0.05) is 24.3 Å². The molecule has 0 heterocycles. The molecule has 14 heavy (non-hydrogen) atoms. The molecule has 0 radical (unpaired) electrons. The quantitative estimate of drug-likeness (QED) is 0.552. The highest BCUT2D eigenvalue weighted by atomic mass is 16.1. The van der Waals surface area contributed by atoms with E-state index in [-0.39, 0.29) is 0 Å². The molecule has 0 aromatic heterocycles. The third kappa shape index (κ3) is 2.78. The van der Waals surface area contributed by atoms with E-state index in [4.69, 9.17) is 11.1 Å². The third-order valence-corrected chi connectivity index (χ3v) is 2.03. The van der Waals surface area contributed by atoms with Gasteiger partial charge in [-0.2, -0.15) is 0 Å². The summed E-state index contributed by atoms with van der Waals surface area (Å²) in [6.07, 6.45) is 1.30. The van der Waals surface area contributed by atoms with Gasteiger partial charge in [0, 0.05) is 5.71 Å². The minimum atomic E-state index is -0.429. The Balaban J connectivity index is 2.73. The maximum Gasteiger partial charge on any atom is 0.137 e. The summed E-state index contributed by atoms with van der Waals surface area (Å²) in [5.74, 6) is 0. The first kappa shape index (κ1) is 10.6. The predicted octanol–water partition coefficient (Wildman–Crippen LogP) is 1.14. The molecule has 0 saturated carbocycles. The molecule has 0 saturated heterocycles. The smallest absolute Gasteiger partial charge is 0.137 e. The Labute approximate surface area is 83.4 Å². The molecular formula is C11H14N2O. The number of hydrogen-bond donors (Lipinski definition) is 2. The molecule has 1 aromatic rings. The van der Waals surface area contributed by atoms with Crippen molar-refractivity contribution < 1.29 is 4.79 Å². The van der Waals surface area contributed by atoms with E-state index in [1.165, 1.54) is 0 Å². The van der Waals surface area contributed by atoms with Crippen LogP contribution in [0.15, 0.2) is 24.3 Å².